The van der Waals surface area contributed by atoms with Gasteiger partial charge in [-0.1, -0.05) is 12.1 Å². The summed E-state index contributed by atoms with van der Waals surface area (Å²) in [5.41, 5.74) is 6.35. The van der Waals surface area contributed by atoms with Gasteiger partial charge in [-0.2, -0.15) is 0 Å². The third kappa shape index (κ3) is 6.24. The van der Waals surface area contributed by atoms with Gasteiger partial charge in [0.1, 0.15) is 11.3 Å². The summed E-state index contributed by atoms with van der Waals surface area (Å²) in [6.07, 6.45) is 4.48. The predicted octanol–water partition coefficient (Wildman–Crippen LogP) is 3.70. The lowest BCUT2D eigenvalue weighted by Crippen LogP contribution is -2.43. The average Bonchev–Trinajstić information content (AvgIpc) is 2.96. The number of benzene rings is 2. The molecule has 12 heteroatoms. The van der Waals surface area contributed by atoms with Crippen LogP contribution < -0.4 is 15.2 Å². The van der Waals surface area contributed by atoms with Gasteiger partial charge in [-0.25, -0.2) is 18.6 Å². The van der Waals surface area contributed by atoms with E-state index in [9.17, 15) is 18.7 Å². The molecular weight excluding hydrogens is 522 g/mol. The maximum Gasteiger partial charge on any atom is 0.337 e. The van der Waals surface area contributed by atoms with Crippen LogP contribution in [-0.4, -0.2) is 83.3 Å². The molecule has 3 heterocycles. The number of aromatic carboxylic acids is 1. The van der Waals surface area contributed by atoms with Crippen LogP contribution in [0.2, 0.25) is 0 Å². The number of hydrogen-bond acceptors (Lipinski definition) is 9. The summed E-state index contributed by atoms with van der Waals surface area (Å²) in [5, 5.41) is 9.26. The Labute approximate surface area is 230 Å². The molecule has 0 atom stereocenters. The normalized spacial score (nSPS) is 13.9. The van der Waals surface area contributed by atoms with Gasteiger partial charge in [0.15, 0.2) is 23.1 Å². The van der Waals surface area contributed by atoms with E-state index in [0.29, 0.717) is 5.82 Å². The molecule has 1 fully saturated rings. The van der Waals surface area contributed by atoms with E-state index in [2.05, 4.69) is 37.9 Å². The first-order chi connectivity index (χ1) is 19.2. The number of carbonyl (C=O) groups is 1. The molecule has 40 heavy (non-hydrogen) atoms. The summed E-state index contributed by atoms with van der Waals surface area (Å²) in [4.78, 5) is 28.3. The zero-order valence-electron chi connectivity index (χ0n) is 22.4. The van der Waals surface area contributed by atoms with Gasteiger partial charge in [0.2, 0.25) is 0 Å². The van der Waals surface area contributed by atoms with Crippen LogP contribution >= 0.6 is 0 Å². The molecule has 2 aromatic carbocycles. The van der Waals surface area contributed by atoms with E-state index >= 15 is 0 Å². The number of ether oxygens (including phenoxy) is 2. The molecule has 0 saturated carbocycles. The topological polar surface area (TPSA) is 127 Å². The smallest absolute Gasteiger partial charge is 0.337 e. The van der Waals surface area contributed by atoms with Gasteiger partial charge in [-0.15, -0.1) is 0 Å². The largest absolute Gasteiger partial charge is 0.494 e. The van der Waals surface area contributed by atoms with Crippen LogP contribution in [0.3, 0.4) is 0 Å². The lowest BCUT2D eigenvalue weighted by Gasteiger charge is -2.32. The number of anilines is 1. The highest BCUT2D eigenvalue weighted by Crippen LogP contribution is 2.40. The number of nitrogen functional groups attached to an aromatic ring is 1. The molecule has 0 amide bonds. The van der Waals surface area contributed by atoms with E-state index in [0.717, 1.165) is 38.8 Å². The molecule has 10 nitrogen and oxygen atoms in total. The van der Waals surface area contributed by atoms with Crippen molar-refractivity contribution in [3.05, 3.63) is 71.7 Å². The Balaban J connectivity index is 0.000000210. The maximum absolute atomic E-state index is 14.7. The molecule has 0 unspecified atom stereocenters. The molecule has 5 rings (SSSR count). The molecule has 1 aliphatic heterocycles. The molecule has 0 aliphatic carbocycles. The summed E-state index contributed by atoms with van der Waals surface area (Å²) in [6.45, 7) is 5.58. The first kappa shape index (κ1) is 28.6. The minimum atomic E-state index is -1.22. The molecule has 0 bridgehead atoms. The zero-order chi connectivity index (χ0) is 28.8. The van der Waals surface area contributed by atoms with Crippen molar-refractivity contribution in [1.29, 1.82) is 0 Å². The first-order valence-electron chi connectivity index (χ1n) is 12.4. The van der Waals surface area contributed by atoms with Crippen LogP contribution in [-0.2, 0) is 6.54 Å². The maximum atomic E-state index is 14.7. The number of fused-ring (bicyclic) bond motifs is 1. The molecule has 1 aliphatic rings. The van der Waals surface area contributed by atoms with Gasteiger partial charge >= 0.3 is 5.97 Å². The van der Waals surface area contributed by atoms with Gasteiger partial charge in [-0.05, 0) is 24.7 Å². The number of nitrogens with two attached hydrogens (primary N) is 1. The Bertz CT molecular complexity index is 1470. The van der Waals surface area contributed by atoms with Crippen molar-refractivity contribution in [2.75, 3.05) is 53.2 Å². The highest BCUT2D eigenvalue weighted by Gasteiger charge is 2.25. The van der Waals surface area contributed by atoms with Crippen molar-refractivity contribution in [3.63, 3.8) is 0 Å². The second-order valence-electron chi connectivity index (χ2n) is 9.17. The number of aromatic nitrogens is 3. The monoisotopic (exact) mass is 552 g/mol. The summed E-state index contributed by atoms with van der Waals surface area (Å²) < 4.78 is 39.3. The van der Waals surface area contributed by atoms with E-state index in [1.807, 2.05) is 12.3 Å². The van der Waals surface area contributed by atoms with Crippen molar-refractivity contribution in [3.8, 4) is 22.6 Å². The van der Waals surface area contributed by atoms with Gasteiger partial charge in [0, 0.05) is 62.9 Å². The molecule has 1 saturated heterocycles. The number of piperazine rings is 1. The van der Waals surface area contributed by atoms with E-state index in [1.165, 1.54) is 44.3 Å². The second-order valence-corrected chi connectivity index (χ2v) is 9.17. The van der Waals surface area contributed by atoms with Crippen LogP contribution in [0.25, 0.3) is 22.2 Å². The van der Waals surface area contributed by atoms with E-state index in [-0.39, 0.29) is 33.7 Å². The quantitative estimate of drug-likeness (QED) is 0.366. The fraction of sp³-hybridized carbons (Fsp3) is 0.286. The summed E-state index contributed by atoms with van der Waals surface area (Å²) in [5.74, 6) is -2.95. The number of rotatable bonds is 6. The molecule has 0 radical (unpaired) electrons. The van der Waals surface area contributed by atoms with Gasteiger partial charge in [0.05, 0.1) is 30.9 Å². The minimum absolute atomic E-state index is 0.0214. The van der Waals surface area contributed by atoms with Crippen LogP contribution in [0.15, 0.2) is 48.9 Å². The van der Waals surface area contributed by atoms with Crippen molar-refractivity contribution in [1.82, 2.24) is 24.8 Å². The molecule has 3 N–H and O–H groups in total. The number of carboxylic acids is 1. The first-order valence-corrected chi connectivity index (χ1v) is 12.4. The Morgan fingerprint density at radius 3 is 2.12 bits per heavy atom. The SMILES string of the molecule is CN1CCN(Cc2ccc(N)nc2)CC1.COc1cc(OC)c(F)c(-c2ccc(C(=O)O)c3nccnc23)c1F. The third-order valence-electron chi connectivity index (χ3n) is 6.55. The second kappa shape index (κ2) is 12.6. The Kier molecular flexibility index (Phi) is 9.02. The van der Waals surface area contributed by atoms with Crippen LogP contribution in [0, 0.1) is 11.6 Å². The number of hydrogen-bond donors (Lipinski definition) is 2. The Hall–Kier alpha value is -4.42. The molecule has 0 spiro atoms. The highest BCUT2D eigenvalue weighted by molar-refractivity contribution is 6.05. The standard InChI is InChI=1S/C17H12F2N2O4.C11H18N4/c1-24-10-7-11(25-2)14(19)12(13(10)18)8-3-4-9(17(22)23)16-15(8)20-5-6-21-16;1-14-4-6-15(7-5-14)9-10-2-3-11(12)13-8-10/h3-7H,1-2H3,(H,22,23);2-3,8H,4-7,9H2,1H3,(H2,12,13). The van der Waals surface area contributed by atoms with Crippen molar-refractivity contribution in [2.45, 2.75) is 6.54 Å². The molecular formula is C28H30F2N6O4. The van der Waals surface area contributed by atoms with Gasteiger partial charge in [-0.3, -0.25) is 14.9 Å². The fourth-order valence-corrected chi connectivity index (χ4v) is 4.35. The van der Waals surface area contributed by atoms with E-state index in [1.54, 1.807) is 0 Å². The number of methoxy groups -OCH3 is 2. The zero-order valence-corrected chi connectivity index (χ0v) is 22.4. The lowest BCUT2D eigenvalue weighted by atomic mass is 9.99. The third-order valence-corrected chi connectivity index (χ3v) is 6.55. The summed E-state index contributed by atoms with van der Waals surface area (Å²) in [7, 11) is 4.65. The number of carboxylic acid groups (broad SMARTS) is 1. The van der Waals surface area contributed by atoms with Crippen molar-refractivity contribution >= 4 is 22.8 Å². The van der Waals surface area contributed by atoms with Crippen molar-refractivity contribution in [2.24, 2.45) is 0 Å². The predicted molar refractivity (Wildman–Crippen MR) is 146 cm³/mol. The molecule has 2 aromatic heterocycles. The number of nitrogens with zero attached hydrogens (tertiary/aromatic N) is 5. The lowest BCUT2D eigenvalue weighted by molar-refractivity contribution is 0.0699. The molecule has 4 aromatic rings. The summed E-state index contributed by atoms with van der Waals surface area (Å²) >= 11 is 0. The van der Waals surface area contributed by atoms with Crippen molar-refractivity contribution < 1.29 is 28.2 Å². The van der Waals surface area contributed by atoms with Crippen LogP contribution in [0.5, 0.6) is 11.5 Å². The Morgan fingerprint density at radius 1 is 0.950 bits per heavy atom. The van der Waals surface area contributed by atoms with E-state index < -0.39 is 23.2 Å². The number of pyridine rings is 1. The van der Waals surface area contributed by atoms with Crippen LogP contribution in [0.1, 0.15) is 15.9 Å². The van der Waals surface area contributed by atoms with Gasteiger partial charge < -0.3 is 25.2 Å². The fourth-order valence-electron chi connectivity index (χ4n) is 4.35. The highest BCUT2D eigenvalue weighted by atomic mass is 19.1. The number of halogens is 2. The average molecular weight is 553 g/mol. The molecule has 210 valence electrons. The Morgan fingerprint density at radius 2 is 1.57 bits per heavy atom. The van der Waals surface area contributed by atoms with E-state index in [4.69, 9.17) is 15.2 Å². The van der Waals surface area contributed by atoms with Gasteiger partial charge in [0.25, 0.3) is 0 Å². The van der Waals surface area contributed by atoms with Crippen LogP contribution in [0.4, 0.5) is 14.6 Å². The summed E-state index contributed by atoms with van der Waals surface area (Å²) in [6, 6.07) is 7.51. The minimum Gasteiger partial charge on any atom is -0.494 e. The number of likely N-dealkylation sites (N-methyl/N-ethyl adjacent to an activating group) is 1.